The van der Waals surface area contributed by atoms with Gasteiger partial charge in [0.25, 0.3) is 11.8 Å². The predicted molar refractivity (Wildman–Crippen MR) is 165 cm³/mol. The number of carbonyl (C=O) groups is 5. The van der Waals surface area contributed by atoms with Crippen molar-refractivity contribution in [2.45, 2.75) is 24.2 Å². The number of urea groups is 1. The van der Waals surface area contributed by atoms with Crippen molar-refractivity contribution >= 4 is 46.9 Å². The van der Waals surface area contributed by atoms with E-state index in [0.717, 1.165) is 5.01 Å². The Morgan fingerprint density at radius 2 is 1.70 bits per heavy atom. The van der Waals surface area contributed by atoms with E-state index < -0.39 is 70.5 Å². The summed E-state index contributed by atoms with van der Waals surface area (Å²) in [5.41, 5.74) is 8.58. The Labute approximate surface area is 272 Å². The number of fused-ring (bicyclic) bond motifs is 4. The average Bonchev–Trinajstić information content (AvgIpc) is 3.43. The van der Waals surface area contributed by atoms with Crippen LogP contribution >= 0.6 is 11.6 Å². The Morgan fingerprint density at radius 3 is 2.36 bits per heavy atom. The van der Waals surface area contributed by atoms with E-state index in [9.17, 15) is 28.7 Å². The lowest BCUT2D eigenvalue weighted by Gasteiger charge is -2.50. The zero-order valence-corrected chi connectivity index (χ0v) is 25.6. The number of imide groups is 4. The highest BCUT2D eigenvalue weighted by atomic mass is 35.5. The molecule has 0 unspecified atom stereocenters. The van der Waals surface area contributed by atoms with Crippen LogP contribution in [0.25, 0.3) is 0 Å². The minimum absolute atomic E-state index is 0.0147. The van der Waals surface area contributed by atoms with Crippen molar-refractivity contribution < 1.29 is 38.2 Å². The molecule has 13 heteroatoms. The number of methoxy groups -OCH3 is 1. The monoisotopic (exact) mass is 658 g/mol. The van der Waals surface area contributed by atoms with E-state index in [1.165, 1.54) is 37.4 Å². The molecule has 7 rings (SSSR count). The summed E-state index contributed by atoms with van der Waals surface area (Å²) in [5, 5.41) is 11.8. The van der Waals surface area contributed by atoms with E-state index in [-0.39, 0.29) is 30.0 Å². The number of benzene rings is 3. The molecule has 0 bridgehead atoms. The van der Waals surface area contributed by atoms with Crippen LogP contribution in [0.5, 0.6) is 11.5 Å². The number of amides is 6. The van der Waals surface area contributed by atoms with Crippen molar-refractivity contribution in [2.75, 3.05) is 12.5 Å². The fourth-order valence-electron chi connectivity index (χ4n) is 8.12. The maximum absolute atomic E-state index is 15.0. The number of halogens is 2. The molecule has 3 fully saturated rings. The van der Waals surface area contributed by atoms with Crippen LogP contribution in [0.15, 0.2) is 78.4 Å². The van der Waals surface area contributed by atoms with Crippen molar-refractivity contribution in [1.29, 1.82) is 0 Å². The van der Waals surface area contributed by atoms with E-state index in [1.807, 2.05) is 6.08 Å². The first kappa shape index (κ1) is 30.4. The molecule has 0 spiro atoms. The molecule has 1 saturated carbocycles. The molecule has 47 heavy (non-hydrogen) atoms. The first-order chi connectivity index (χ1) is 22.5. The average molecular weight is 659 g/mol. The third-order valence-corrected chi connectivity index (χ3v) is 10.3. The number of likely N-dealkylation sites (tertiary alicyclic amines) is 1. The minimum Gasteiger partial charge on any atom is -0.504 e. The molecule has 2 aliphatic heterocycles. The summed E-state index contributed by atoms with van der Waals surface area (Å²) in [7, 11) is 1.38. The highest BCUT2D eigenvalue weighted by molar-refractivity contribution is 6.30. The lowest BCUT2D eigenvalue weighted by molar-refractivity contribution is -0.139. The van der Waals surface area contributed by atoms with Crippen molar-refractivity contribution in [3.63, 3.8) is 0 Å². The number of hydrogen-bond acceptors (Lipinski definition) is 8. The van der Waals surface area contributed by atoms with Gasteiger partial charge in [-0.3, -0.25) is 24.6 Å². The number of nitrogens with one attached hydrogen (secondary N) is 1. The molecule has 240 valence electrons. The van der Waals surface area contributed by atoms with Gasteiger partial charge in [0.2, 0.25) is 11.8 Å². The summed E-state index contributed by atoms with van der Waals surface area (Å²) in [6, 6.07) is 15.2. The van der Waals surface area contributed by atoms with Crippen LogP contribution in [0.3, 0.4) is 0 Å². The molecule has 4 aliphatic rings. The predicted octanol–water partition coefficient (Wildman–Crippen LogP) is 4.26. The van der Waals surface area contributed by atoms with E-state index in [2.05, 4.69) is 5.43 Å². The lowest BCUT2D eigenvalue weighted by atomic mass is 9.49. The smallest absolute Gasteiger partial charge is 0.328 e. The number of carbonyl (C=O) groups excluding carboxylic acids is 5. The SMILES string of the molecule is COc1cc([C@H]2C3=CC[C@@H]4C(=O)N(C(N)=O)C(=O)[C@@H]4[C@@H]3C[C@H]3C(=O)N(Nc4ccc(F)cc4)C(=O)[C@@]23c2ccc(Cl)cc2)ccc1O. The summed E-state index contributed by atoms with van der Waals surface area (Å²) in [4.78, 5) is 69.2. The zero-order chi connectivity index (χ0) is 33.4. The third kappa shape index (κ3) is 4.34. The van der Waals surface area contributed by atoms with Gasteiger partial charge in [-0.15, -0.1) is 0 Å². The van der Waals surface area contributed by atoms with Crippen LogP contribution < -0.4 is 15.9 Å². The second kappa shape index (κ2) is 10.9. The quantitative estimate of drug-likeness (QED) is 0.271. The summed E-state index contributed by atoms with van der Waals surface area (Å²) in [6.07, 6.45) is 1.89. The van der Waals surface area contributed by atoms with Gasteiger partial charge >= 0.3 is 6.03 Å². The van der Waals surface area contributed by atoms with Crippen LogP contribution in [0.2, 0.25) is 5.02 Å². The van der Waals surface area contributed by atoms with Gasteiger partial charge in [0.15, 0.2) is 11.5 Å². The first-order valence-electron chi connectivity index (χ1n) is 14.9. The first-order valence-corrected chi connectivity index (χ1v) is 15.3. The number of hydrogen-bond donors (Lipinski definition) is 3. The molecular weight excluding hydrogens is 631 g/mol. The highest BCUT2D eigenvalue weighted by Gasteiger charge is 2.70. The van der Waals surface area contributed by atoms with Gasteiger partial charge in [-0.1, -0.05) is 41.4 Å². The molecule has 2 heterocycles. The van der Waals surface area contributed by atoms with Crippen LogP contribution in [0, 0.1) is 29.5 Å². The topological polar surface area (TPSA) is 159 Å². The van der Waals surface area contributed by atoms with Crippen LogP contribution in [0.4, 0.5) is 14.9 Å². The Morgan fingerprint density at radius 1 is 1.00 bits per heavy atom. The van der Waals surface area contributed by atoms with E-state index in [4.69, 9.17) is 22.1 Å². The Kier molecular flexibility index (Phi) is 7.08. The number of phenols is 1. The van der Waals surface area contributed by atoms with Gasteiger partial charge in [0, 0.05) is 10.9 Å². The van der Waals surface area contributed by atoms with Crippen molar-refractivity contribution in [2.24, 2.45) is 29.4 Å². The Balaban J connectivity index is 1.47. The molecule has 0 aromatic heterocycles. The van der Waals surface area contributed by atoms with Gasteiger partial charge in [0.05, 0.1) is 36.0 Å². The number of rotatable bonds is 5. The fourth-order valence-corrected chi connectivity index (χ4v) is 8.25. The normalized spacial score (nSPS) is 28.1. The molecule has 2 saturated heterocycles. The van der Waals surface area contributed by atoms with Gasteiger partial charge in [-0.2, -0.15) is 9.91 Å². The maximum Gasteiger partial charge on any atom is 0.328 e. The van der Waals surface area contributed by atoms with Crippen LogP contribution in [-0.4, -0.2) is 51.8 Å². The fraction of sp³-hybridized carbons (Fsp3) is 0.265. The number of aromatic hydroxyl groups is 1. The Bertz CT molecular complexity index is 1900. The van der Waals surface area contributed by atoms with Crippen molar-refractivity contribution in [1.82, 2.24) is 9.91 Å². The van der Waals surface area contributed by atoms with Crippen LogP contribution in [0.1, 0.15) is 29.9 Å². The molecule has 3 aromatic carbocycles. The molecule has 11 nitrogen and oxygen atoms in total. The van der Waals surface area contributed by atoms with Gasteiger partial charge in [-0.25, -0.2) is 9.18 Å². The van der Waals surface area contributed by atoms with E-state index >= 15 is 4.79 Å². The molecule has 6 amide bonds. The van der Waals surface area contributed by atoms with Crippen molar-refractivity contribution in [3.05, 3.63) is 100 Å². The molecule has 2 aliphatic carbocycles. The summed E-state index contributed by atoms with van der Waals surface area (Å²) in [6.45, 7) is 0. The lowest BCUT2D eigenvalue weighted by Crippen LogP contribution is -2.53. The molecule has 6 atom stereocenters. The number of ether oxygens (including phenoxy) is 1. The van der Waals surface area contributed by atoms with Gasteiger partial charge in [-0.05, 0) is 78.4 Å². The van der Waals surface area contributed by atoms with Crippen molar-refractivity contribution in [3.8, 4) is 11.5 Å². The largest absolute Gasteiger partial charge is 0.504 e. The van der Waals surface area contributed by atoms with Gasteiger partial charge < -0.3 is 15.6 Å². The van der Waals surface area contributed by atoms with E-state index in [0.29, 0.717) is 26.6 Å². The van der Waals surface area contributed by atoms with Crippen LogP contribution in [-0.2, 0) is 24.6 Å². The summed E-state index contributed by atoms with van der Waals surface area (Å²) in [5.74, 6) is -7.79. The highest BCUT2D eigenvalue weighted by Crippen LogP contribution is 2.64. The number of phenolic OH excluding ortho intramolecular Hbond substituents is 1. The summed E-state index contributed by atoms with van der Waals surface area (Å²) < 4.78 is 19.2. The number of nitrogens with two attached hydrogens (primary N) is 1. The zero-order valence-electron chi connectivity index (χ0n) is 24.9. The molecular formula is C34H28ClFN4O7. The second-order valence-electron chi connectivity index (χ2n) is 12.2. The molecule has 4 N–H and O–H groups in total. The maximum atomic E-state index is 15.0. The number of nitrogens with zero attached hydrogens (tertiary/aromatic N) is 2. The standard InChI is InChI=1S/C34H28ClFN4O7/c1-47-26-14-16(2-13-25(26)41)28-21-11-12-22-27(31(44)39(29(22)42)33(37)46)23(21)15-24-30(43)40(38-20-9-7-19(36)8-10-20)32(45)34(24,28)17-3-5-18(35)6-4-17/h2-11,13-14,22-24,27-28,38,41H,12,15H2,1H3,(H2,37,46)/t22-,23+,24-,27-,28-,34+/m0/s1. The number of primary amides is 1. The van der Waals surface area contributed by atoms with E-state index in [1.54, 1.807) is 36.4 Å². The molecule has 3 aromatic rings. The Hall–Kier alpha value is -5.23. The second-order valence-corrected chi connectivity index (χ2v) is 12.6. The number of hydrazine groups is 1. The molecule has 0 radical (unpaired) electrons. The van der Waals surface area contributed by atoms with Gasteiger partial charge in [0.1, 0.15) is 5.82 Å². The minimum atomic E-state index is -1.61. The number of allylic oxidation sites excluding steroid dienone is 2. The summed E-state index contributed by atoms with van der Waals surface area (Å²) >= 11 is 6.28. The third-order valence-electron chi connectivity index (χ3n) is 10.0. The number of anilines is 1.